The molecule has 0 aromatic heterocycles. The first-order valence-electron chi connectivity index (χ1n) is 6.84. The first-order valence-corrected chi connectivity index (χ1v) is 7.22. The molecule has 2 rings (SSSR count). The van der Waals surface area contributed by atoms with E-state index in [-0.39, 0.29) is 0 Å². The van der Waals surface area contributed by atoms with Crippen LogP contribution in [0.4, 0.5) is 0 Å². The largest absolute Gasteiger partial charge is 0.457 e. The summed E-state index contributed by atoms with van der Waals surface area (Å²) >= 11 is 5.96. The van der Waals surface area contributed by atoms with Gasteiger partial charge in [-0.2, -0.15) is 0 Å². The predicted molar refractivity (Wildman–Crippen MR) is 84.8 cm³/mol. The van der Waals surface area contributed by atoms with Gasteiger partial charge in [0, 0.05) is 11.6 Å². The molecule has 0 aliphatic rings. The highest BCUT2D eigenvalue weighted by Crippen LogP contribution is 2.29. The second kappa shape index (κ2) is 6.78. The maximum Gasteiger partial charge on any atom is 0.130 e. The molecule has 2 aromatic rings. The highest BCUT2D eigenvalue weighted by Gasteiger charge is 2.05. The van der Waals surface area contributed by atoms with Crippen LogP contribution in [-0.4, -0.2) is 6.54 Å². The zero-order chi connectivity index (χ0) is 14.5. The third-order valence-corrected chi connectivity index (χ3v) is 3.41. The van der Waals surface area contributed by atoms with Crippen LogP contribution in [0.3, 0.4) is 0 Å². The smallest absolute Gasteiger partial charge is 0.130 e. The standard InChI is InChI=1S/C17H20ClNO/c1-4-19-11-14-5-7-16(12(2)9-14)20-17-8-6-15(18)10-13(17)3/h5-10,19H,4,11H2,1-3H3. The van der Waals surface area contributed by atoms with Crippen molar-refractivity contribution in [1.29, 1.82) is 0 Å². The Morgan fingerprint density at radius 2 is 1.65 bits per heavy atom. The van der Waals surface area contributed by atoms with Gasteiger partial charge in [-0.1, -0.05) is 30.7 Å². The van der Waals surface area contributed by atoms with Crippen LogP contribution in [0.5, 0.6) is 11.5 Å². The monoisotopic (exact) mass is 289 g/mol. The lowest BCUT2D eigenvalue weighted by molar-refractivity contribution is 0.475. The molecule has 0 saturated heterocycles. The number of hydrogen-bond acceptors (Lipinski definition) is 2. The van der Waals surface area contributed by atoms with Gasteiger partial charge in [0.2, 0.25) is 0 Å². The van der Waals surface area contributed by atoms with E-state index in [2.05, 4.69) is 31.3 Å². The van der Waals surface area contributed by atoms with Crippen molar-refractivity contribution in [3.8, 4) is 11.5 Å². The SMILES string of the molecule is CCNCc1ccc(Oc2ccc(Cl)cc2C)c(C)c1. The van der Waals surface area contributed by atoms with Gasteiger partial charge in [-0.25, -0.2) is 0 Å². The van der Waals surface area contributed by atoms with Crippen molar-refractivity contribution in [2.24, 2.45) is 0 Å². The maximum absolute atomic E-state index is 5.98. The van der Waals surface area contributed by atoms with E-state index in [4.69, 9.17) is 16.3 Å². The molecular weight excluding hydrogens is 270 g/mol. The van der Waals surface area contributed by atoms with E-state index < -0.39 is 0 Å². The number of hydrogen-bond donors (Lipinski definition) is 1. The van der Waals surface area contributed by atoms with Crippen molar-refractivity contribution < 1.29 is 4.74 Å². The summed E-state index contributed by atoms with van der Waals surface area (Å²) in [6.07, 6.45) is 0. The normalized spacial score (nSPS) is 10.6. The van der Waals surface area contributed by atoms with Crippen LogP contribution in [0.25, 0.3) is 0 Å². The number of halogens is 1. The minimum absolute atomic E-state index is 0.729. The molecule has 0 fully saturated rings. The van der Waals surface area contributed by atoms with E-state index in [1.54, 1.807) is 0 Å². The molecule has 0 saturated carbocycles. The zero-order valence-corrected chi connectivity index (χ0v) is 12.9. The molecule has 3 heteroatoms. The number of ether oxygens (including phenoxy) is 1. The van der Waals surface area contributed by atoms with E-state index in [1.807, 2.05) is 31.2 Å². The van der Waals surface area contributed by atoms with Crippen LogP contribution in [0.15, 0.2) is 36.4 Å². The third-order valence-electron chi connectivity index (χ3n) is 3.18. The molecule has 0 unspecified atom stereocenters. The molecule has 2 nitrogen and oxygen atoms in total. The van der Waals surface area contributed by atoms with Crippen LogP contribution in [0.2, 0.25) is 5.02 Å². The Balaban J connectivity index is 2.17. The number of benzene rings is 2. The van der Waals surface area contributed by atoms with E-state index in [0.717, 1.165) is 40.7 Å². The lowest BCUT2D eigenvalue weighted by Crippen LogP contribution is -2.11. The average molecular weight is 290 g/mol. The minimum atomic E-state index is 0.729. The van der Waals surface area contributed by atoms with Gasteiger partial charge in [-0.05, 0) is 61.3 Å². The van der Waals surface area contributed by atoms with Crippen molar-refractivity contribution in [3.63, 3.8) is 0 Å². The summed E-state index contributed by atoms with van der Waals surface area (Å²) in [6.45, 7) is 8.03. The molecule has 0 aliphatic carbocycles. The van der Waals surface area contributed by atoms with Gasteiger partial charge >= 0.3 is 0 Å². The van der Waals surface area contributed by atoms with Crippen LogP contribution in [0, 0.1) is 13.8 Å². The van der Waals surface area contributed by atoms with E-state index in [0.29, 0.717) is 0 Å². The van der Waals surface area contributed by atoms with Gasteiger partial charge in [-0.15, -0.1) is 0 Å². The fourth-order valence-electron chi connectivity index (χ4n) is 2.05. The second-order valence-corrected chi connectivity index (χ2v) is 5.33. The second-order valence-electron chi connectivity index (χ2n) is 4.89. The van der Waals surface area contributed by atoms with Crippen molar-refractivity contribution in [2.45, 2.75) is 27.3 Å². The summed E-state index contributed by atoms with van der Waals surface area (Å²) in [5, 5.41) is 4.05. The molecule has 20 heavy (non-hydrogen) atoms. The van der Waals surface area contributed by atoms with Crippen LogP contribution < -0.4 is 10.1 Å². The quantitative estimate of drug-likeness (QED) is 0.849. The van der Waals surface area contributed by atoms with Crippen LogP contribution >= 0.6 is 11.6 Å². The average Bonchev–Trinajstić information content (AvgIpc) is 2.42. The molecule has 0 bridgehead atoms. The predicted octanol–water partition coefficient (Wildman–Crippen LogP) is 4.86. The fourth-order valence-corrected chi connectivity index (χ4v) is 2.28. The summed E-state index contributed by atoms with van der Waals surface area (Å²) in [4.78, 5) is 0. The first kappa shape index (κ1) is 14.9. The molecule has 106 valence electrons. The Labute approximate surface area is 125 Å². The third kappa shape index (κ3) is 3.75. The van der Waals surface area contributed by atoms with E-state index >= 15 is 0 Å². The summed E-state index contributed by atoms with van der Waals surface area (Å²) in [5.74, 6) is 1.73. The molecule has 0 spiro atoms. The first-order chi connectivity index (χ1) is 9.60. The molecule has 2 aromatic carbocycles. The van der Waals surface area contributed by atoms with Gasteiger partial charge < -0.3 is 10.1 Å². The summed E-state index contributed by atoms with van der Waals surface area (Å²) in [5.41, 5.74) is 3.44. The van der Waals surface area contributed by atoms with Crippen molar-refractivity contribution in [1.82, 2.24) is 5.32 Å². The molecule has 0 amide bonds. The van der Waals surface area contributed by atoms with Crippen molar-refractivity contribution in [3.05, 3.63) is 58.1 Å². The number of nitrogens with one attached hydrogen (secondary N) is 1. The van der Waals surface area contributed by atoms with Gasteiger partial charge in [0.05, 0.1) is 0 Å². The highest BCUT2D eigenvalue weighted by atomic mass is 35.5. The summed E-state index contributed by atoms with van der Waals surface area (Å²) < 4.78 is 5.98. The molecule has 0 radical (unpaired) electrons. The Morgan fingerprint density at radius 1 is 1.00 bits per heavy atom. The molecular formula is C17H20ClNO. The van der Waals surface area contributed by atoms with Crippen molar-refractivity contribution in [2.75, 3.05) is 6.54 Å². The molecule has 0 heterocycles. The molecule has 1 N–H and O–H groups in total. The van der Waals surface area contributed by atoms with E-state index in [1.165, 1.54) is 5.56 Å². The Bertz CT molecular complexity index is 596. The fraction of sp³-hybridized carbons (Fsp3) is 0.294. The minimum Gasteiger partial charge on any atom is -0.457 e. The van der Waals surface area contributed by atoms with Gasteiger partial charge in [0.15, 0.2) is 0 Å². The summed E-state index contributed by atoms with van der Waals surface area (Å²) in [7, 11) is 0. The van der Waals surface area contributed by atoms with Gasteiger partial charge in [0.25, 0.3) is 0 Å². The molecule has 0 aliphatic heterocycles. The topological polar surface area (TPSA) is 21.3 Å². The number of rotatable bonds is 5. The summed E-state index contributed by atoms with van der Waals surface area (Å²) in [6, 6.07) is 11.9. The maximum atomic E-state index is 5.98. The van der Waals surface area contributed by atoms with E-state index in [9.17, 15) is 0 Å². The Morgan fingerprint density at radius 3 is 2.25 bits per heavy atom. The Kier molecular flexibility index (Phi) is 5.05. The lowest BCUT2D eigenvalue weighted by atomic mass is 10.1. The zero-order valence-electron chi connectivity index (χ0n) is 12.2. The van der Waals surface area contributed by atoms with Crippen LogP contribution in [0.1, 0.15) is 23.6 Å². The van der Waals surface area contributed by atoms with Gasteiger partial charge in [-0.3, -0.25) is 0 Å². The number of aryl methyl sites for hydroxylation is 2. The Hall–Kier alpha value is -1.51. The highest BCUT2D eigenvalue weighted by molar-refractivity contribution is 6.30. The lowest BCUT2D eigenvalue weighted by Gasteiger charge is -2.12. The molecule has 0 atom stereocenters. The van der Waals surface area contributed by atoms with Crippen molar-refractivity contribution >= 4 is 11.6 Å². The van der Waals surface area contributed by atoms with Crippen LogP contribution in [-0.2, 0) is 6.54 Å². The van der Waals surface area contributed by atoms with Gasteiger partial charge in [0.1, 0.15) is 11.5 Å².